The first-order chi connectivity index (χ1) is 9.51. The lowest BCUT2D eigenvalue weighted by atomic mass is 9.90. The van der Waals surface area contributed by atoms with E-state index in [4.69, 9.17) is 10.5 Å². The summed E-state index contributed by atoms with van der Waals surface area (Å²) in [7, 11) is 0. The van der Waals surface area contributed by atoms with Gasteiger partial charge in [0.25, 0.3) is 0 Å². The monoisotopic (exact) mass is 276 g/mol. The van der Waals surface area contributed by atoms with Crippen LogP contribution in [0, 0.1) is 13.8 Å². The Labute approximate surface area is 120 Å². The standard InChI is InChI=1S/C16H24N2O2/c1-12-3-4-14(13(2)11-12)5-8-18-15(19)16(17)6-9-20-10-7-16/h3-4,11H,5-10,17H2,1-2H3,(H,18,19). The molecule has 3 N–H and O–H groups in total. The van der Waals surface area contributed by atoms with Crippen LogP contribution in [0.1, 0.15) is 29.5 Å². The van der Waals surface area contributed by atoms with Gasteiger partial charge in [0, 0.05) is 19.8 Å². The van der Waals surface area contributed by atoms with E-state index < -0.39 is 5.54 Å². The van der Waals surface area contributed by atoms with E-state index in [9.17, 15) is 4.79 Å². The highest BCUT2D eigenvalue weighted by atomic mass is 16.5. The van der Waals surface area contributed by atoms with Crippen LogP contribution < -0.4 is 11.1 Å². The zero-order valence-corrected chi connectivity index (χ0v) is 12.4. The predicted molar refractivity (Wildman–Crippen MR) is 79.6 cm³/mol. The van der Waals surface area contributed by atoms with Crippen molar-refractivity contribution in [3.63, 3.8) is 0 Å². The Hall–Kier alpha value is -1.39. The fourth-order valence-electron chi connectivity index (χ4n) is 2.58. The second-order valence-corrected chi connectivity index (χ2v) is 5.70. The third-order valence-corrected chi connectivity index (χ3v) is 4.02. The van der Waals surface area contributed by atoms with Gasteiger partial charge in [-0.15, -0.1) is 0 Å². The Balaban J connectivity index is 1.84. The van der Waals surface area contributed by atoms with Gasteiger partial charge in [0.15, 0.2) is 0 Å². The molecule has 0 bridgehead atoms. The van der Waals surface area contributed by atoms with E-state index in [2.05, 4.69) is 37.4 Å². The zero-order valence-electron chi connectivity index (χ0n) is 12.4. The Morgan fingerprint density at radius 3 is 2.70 bits per heavy atom. The SMILES string of the molecule is Cc1ccc(CCNC(=O)C2(N)CCOCC2)c(C)c1. The first-order valence-corrected chi connectivity index (χ1v) is 7.22. The second kappa shape index (κ2) is 6.37. The van der Waals surface area contributed by atoms with E-state index >= 15 is 0 Å². The van der Waals surface area contributed by atoms with Crippen molar-refractivity contribution in [2.45, 2.75) is 38.6 Å². The smallest absolute Gasteiger partial charge is 0.240 e. The molecule has 0 spiro atoms. The summed E-state index contributed by atoms with van der Waals surface area (Å²) in [5, 5.41) is 2.96. The van der Waals surface area contributed by atoms with Crippen LogP contribution in [0.15, 0.2) is 18.2 Å². The van der Waals surface area contributed by atoms with E-state index in [-0.39, 0.29) is 5.91 Å². The third-order valence-electron chi connectivity index (χ3n) is 4.02. The lowest BCUT2D eigenvalue weighted by Crippen LogP contribution is -2.57. The summed E-state index contributed by atoms with van der Waals surface area (Å²) >= 11 is 0. The topological polar surface area (TPSA) is 64.4 Å². The first-order valence-electron chi connectivity index (χ1n) is 7.22. The molecule has 1 amide bonds. The molecule has 1 fully saturated rings. The minimum atomic E-state index is -0.749. The highest BCUT2D eigenvalue weighted by molar-refractivity contribution is 5.86. The minimum absolute atomic E-state index is 0.0504. The molecule has 1 heterocycles. The van der Waals surface area contributed by atoms with Gasteiger partial charge in [0.1, 0.15) is 0 Å². The van der Waals surface area contributed by atoms with Crippen molar-refractivity contribution >= 4 is 5.91 Å². The molecule has 0 unspecified atom stereocenters. The van der Waals surface area contributed by atoms with Crippen molar-refractivity contribution in [1.29, 1.82) is 0 Å². The van der Waals surface area contributed by atoms with Crippen molar-refractivity contribution in [1.82, 2.24) is 5.32 Å². The summed E-state index contributed by atoms with van der Waals surface area (Å²) in [4.78, 5) is 12.2. The number of nitrogens with two attached hydrogens (primary N) is 1. The maximum Gasteiger partial charge on any atom is 0.240 e. The summed E-state index contributed by atoms with van der Waals surface area (Å²) < 4.78 is 5.26. The zero-order chi connectivity index (χ0) is 14.6. The number of hydrogen-bond donors (Lipinski definition) is 2. The molecule has 1 aliphatic heterocycles. The van der Waals surface area contributed by atoms with E-state index in [1.807, 2.05) is 0 Å². The molecular formula is C16H24N2O2. The van der Waals surface area contributed by atoms with Crippen LogP contribution in [0.5, 0.6) is 0 Å². The number of carbonyl (C=O) groups is 1. The molecule has 110 valence electrons. The highest BCUT2D eigenvalue weighted by Crippen LogP contribution is 2.17. The number of benzene rings is 1. The van der Waals surface area contributed by atoms with Crippen molar-refractivity contribution < 1.29 is 9.53 Å². The number of carbonyl (C=O) groups excluding carboxylic acids is 1. The minimum Gasteiger partial charge on any atom is -0.381 e. The summed E-state index contributed by atoms with van der Waals surface area (Å²) in [5.41, 5.74) is 9.20. The van der Waals surface area contributed by atoms with Crippen LogP contribution in [-0.2, 0) is 16.0 Å². The summed E-state index contributed by atoms with van der Waals surface area (Å²) in [5.74, 6) is -0.0504. The molecule has 0 aliphatic carbocycles. The lowest BCUT2D eigenvalue weighted by molar-refractivity contribution is -0.129. The molecule has 0 saturated carbocycles. The molecular weight excluding hydrogens is 252 g/mol. The highest BCUT2D eigenvalue weighted by Gasteiger charge is 2.35. The van der Waals surface area contributed by atoms with Crippen molar-refractivity contribution in [2.24, 2.45) is 5.73 Å². The first kappa shape index (κ1) is 15.0. The van der Waals surface area contributed by atoms with Crippen LogP contribution in [0.25, 0.3) is 0 Å². The van der Waals surface area contributed by atoms with Crippen LogP contribution in [-0.4, -0.2) is 31.2 Å². The molecule has 20 heavy (non-hydrogen) atoms. The van der Waals surface area contributed by atoms with Gasteiger partial charge >= 0.3 is 0 Å². The Kier molecular flexibility index (Phi) is 4.78. The van der Waals surface area contributed by atoms with Crippen molar-refractivity contribution in [2.75, 3.05) is 19.8 Å². The van der Waals surface area contributed by atoms with Crippen LogP contribution in [0.2, 0.25) is 0 Å². The number of amides is 1. The van der Waals surface area contributed by atoms with Gasteiger partial charge in [-0.2, -0.15) is 0 Å². The van der Waals surface area contributed by atoms with Crippen LogP contribution in [0.4, 0.5) is 0 Å². The number of aryl methyl sites for hydroxylation is 2. The largest absolute Gasteiger partial charge is 0.381 e. The van der Waals surface area contributed by atoms with Gasteiger partial charge in [0.2, 0.25) is 5.91 Å². The van der Waals surface area contributed by atoms with Gasteiger partial charge in [-0.05, 0) is 44.2 Å². The fourth-order valence-corrected chi connectivity index (χ4v) is 2.58. The summed E-state index contributed by atoms with van der Waals surface area (Å²) in [6.07, 6.45) is 2.04. The molecule has 1 aliphatic rings. The normalized spacial score (nSPS) is 17.8. The third kappa shape index (κ3) is 3.58. The van der Waals surface area contributed by atoms with Gasteiger partial charge in [0.05, 0.1) is 5.54 Å². The maximum absolute atomic E-state index is 12.2. The average Bonchev–Trinajstić information content (AvgIpc) is 2.42. The molecule has 0 aromatic heterocycles. The maximum atomic E-state index is 12.2. The predicted octanol–water partition coefficient (Wildman–Crippen LogP) is 1.47. The van der Waals surface area contributed by atoms with Gasteiger partial charge in [-0.3, -0.25) is 4.79 Å². The Morgan fingerprint density at radius 2 is 2.05 bits per heavy atom. The van der Waals surface area contributed by atoms with Crippen molar-refractivity contribution in [3.8, 4) is 0 Å². The summed E-state index contributed by atoms with van der Waals surface area (Å²) in [6, 6.07) is 6.40. The number of hydrogen-bond acceptors (Lipinski definition) is 3. The molecule has 1 aromatic carbocycles. The molecule has 0 radical (unpaired) electrons. The number of ether oxygens (including phenoxy) is 1. The Bertz CT molecular complexity index is 479. The lowest BCUT2D eigenvalue weighted by Gasteiger charge is -2.31. The molecule has 4 heteroatoms. The van der Waals surface area contributed by atoms with Crippen molar-refractivity contribution in [3.05, 3.63) is 34.9 Å². The second-order valence-electron chi connectivity index (χ2n) is 5.70. The van der Waals surface area contributed by atoms with E-state index in [0.717, 1.165) is 6.42 Å². The average molecular weight is 276 g/mol. The van der Waals surface area contributed by atoms with Gasteiger partial charge in [-0.25, -0.2) is 0 Å². The Morgan fingerprint density at radius 1 is 1.35 bits per heavy atom. The van der Waals surface area contributed by atoms with Gasteiger partial charge < -0.3 is 15.8 Å². The molecule has 1 aromatic rings. The number of rotatable bonds is 4. The molecule has 2 rings (SSSR count). The number of nitrogens with one attached hydrogen (secondary N) is 1. The van der Waals surface area contributed by atoms with E-state index in [1.165, 1.54) is 16.7 Å². The van der Waals surface area contributed by atoms with E-state index in [1.54, 1.807) is 0 Å². The summed E-state index contributed by atoms with van der Waals surface area (Å²) in [6.45, 7) is 5.96. The fraction of sp³-hybridized carbons (Fsp3) is 0.562. The quantitative estimate of drug-likeness (QED) is 0.875. The van der Waals surface area contributed by atoms with Crippen LogP contribution >= 0.6 is 0 Å². The van der Waals surface area contributed by atoms with Crippen LogP contribution in [0.3, 0.4) is 0 Å². The van der Waals surface area contributed by atoms with Gasteiger partial charge in [-0.1, -0.05) is 23.8 Å². The van der Waals surface area contributed by atoms with E-state index in [0.29, 0.717) is 32.6 Å². The molecule has 1 saturated heterocycles. The molecule has 4 nitrogen and oxygen atoms in total. The molecule has 0 atom stereocenters.